The van der Waals surface area contributed by atoms with Gasteiger partial charge in [0.2, 0.25) is 5.60 Å². The number of ether oxygens (including phenoxy) is 1. The molecule has 0 amide bonds. The number of anilines is 1. The summed E-state index contributed by atoms with van der Waals surface area (Å²) in [6, 6.07) is 5.72. The number of nitrogen functional groups attached to an aromatic ring is 1. The lowest BCUT2D eigenvalue weighted by molar-refractivity contribution is -0.0556. The number of halogens is 1. The lowest BCUT2D eigenvalue weighted by Gasteiger charge is -2.23. The first-order chi connectivity index (χ1) is 15.1. The van der Waals surface area contributed by atoms with Gasteiger partial charge in [0.1, 0.15) is 18.3 Å². The van der Waals surface area contributed by atoms with Crippen LogP contribution < -0.4 is 5.73 Å². The van der Waals surface area contributed by atoms with Gasteiger partial charge in [-0.2, -0.15) is 19.0 Å². The van der Waals surface area contributed by atoms with Crippen molar-refractivity contribution >= 4 is 34.7 Å². The molecule has 6 atom stereocenters. The first-order valence-electron chi connectivity index (χ1n) is 8.53. The largest absolute Gasteiger partial charge is 0.490 e. The molecule has 0 radical (unpaired) electrons. The van der Waals surface area contributed by atoms with Gasteiger partial charge in [-0.3, -0.25) is 4.52 Å². The second kappa shape index (κ2) is 8.79. The Bertz CT molecular complexity index is 1240. The smallest absolute Gasteiger partial charge is 0.397 e. The molecule has 2 aromatic rings. The second-order valence-corrected chi connectivity index (χ2v) is 11.0. The van der Waals surface area contributed by atoms with Crippen LogP contribution in [0.5, 0.6) is 0 Å². The van der Waals surface area contributed by atoms with Crippen LogP contribution in [0.25, 0.3) is 5.52 Å². The first-order valence-corrected chi connectivity index (χ1v) is 13.1. The number of nitriles is 1. The molecule has 0 bridgehead atoms. The number of fused-ring (bicyclic) bond motifs is 1. The predicted octanol–water partition coefficient (Wildman–Crippen LogP) is 0.0765. The summed E-state index contributed by atoms with van der Waals surface area (Å²) in [5.74, 6) is 0. The van der Waals surface area contributed by atoms with E-state index in [-0.39, 0.29) is 11.4 Å². The Morgan fingerprint density at radius 3 is 2.48 bits per heavy atom. The molecule has 3 heterocycles. The molecule has 1 aliphatic heterocycles. The molecule has 3 rings (SSSR count). The van der Waals surface area contributed by atoms with E-state index in [0.717, 1.165) is 4.52 Å². The van der Waals surface area contributed by atoms with Gasteiger partial charge >= 0.3 is 23.5 Å². The summed E-state index contributed by atoms with van der Waals surface area (Å²) < 4.78 is 66.8. The molecule has 0 aromatic carbocycles. The first kappa shape index (κ1) is 25.9. The fourth-order valence-electron chi connectivity index (χ4n) is 3.07. The minimum absolute atomic E-state index is 0.167. The fraction of sp³-hybridized carbons (Fsp3) is 0.385. The van der Waals surface area contributed by atoms with Gasteiger partial charge < -0.3 is 35.2 Å². The highest BCUT2D eigenvalue weighted by molar-refractivity contribution is 7.66. The SMILES string of the molecule is N#C[C@@]1(c2ccc3c(N)ccnn23)O[C@H](COP(=O)(O)OP(=O)(O)OP(=O)(O)O)[C@@H](O)[C@H]1F. The topological polar surface area (TPSA) is 256 Å². The summed E-state index contributed by atoms with van der Waals surface area (Å²) in [5, 5.41) is 23.9. The van der Waals surface area contributed by atoms with Gasteiger partial charge in [-0.15, -0.1) is 0 Å². The van der Waals surface area contributed by atoms with E-state index in [1.165, 1.54) is 24.4 Å². The highest BCUT2D eigenvalue weighted by Gasteiger charge is 2.59. The summed E-state index contributed by atoms with van der Waals surface area (Å²) >= 11 is 0. The van der Waals surface area contributed by atoms with Gasteiger partial charge in [0.25, 0.3) is 0 Å². The van der Waals surface area contributed by atoms with Crippen molar-refractivity contribution in [2.75, 3.05) is 12.3 Å². The van der Waals surface area contributed by atoms with Gasteiger partial charge in [-0.1, -0.05) is 0 Å². The third-order valence-electron chi connectivity index (χ3n) is 4.36. The van der Waals surface area contributed by atoms with E-state index in [0.29, 0.717) is 5.52 Å². The van der Waals surface area contributed by atoms with E-state index in [1.807, 2.05) is 0 Å². The molecule has 0 aliphatic carbocycles. The molecule has 0 spiro atoms. The van der Waals surface area contributed by atoms with Crippen LogP contribution in [0.1, 0.15) is 5.69 Å². The van der Waals surface area contributed by atoms with E-state index in [4.69, 9.17) is 25.2 Å². The van der Waals surface area contributed by atoms with Crippen molar-refractivity contribution in [1.29, 1.82) is 5.26 Å². The number of phosphoric acid groups is 3. The minimum Gasteiger partial charge on any atom is -0.397 e. The quantitative estimate of drug-likeness (QED) is 0.246. The van der Waals surface area contributed by atoms with Crippen LogP contribution in [0.2, 0.25) is 0 Å². The van der Waals surface area contributed by atoms with Crippen LogP contribution in [0.15, 0.2) is 24.4 Å². The zero-order valence-electron chi connectivity index (χ0n) is 16.0. The van der Waals surface area contributed by atoms with Gasteiger partial charge in [-0.25, -0.2) is 22.6 Å². The molecule has 16 nitrogen and oxygen atoms in total. The maximum Gasteiger partial charge on any atom is 0.490 e. The summed E-state index contributed by atoms with van der Waals surface area (Å²) in [5.41, 5.74) is 3.71. The van der Waals surface area contributed by atoms with Gasteiger partial charge in [0.15, 0.2) is 6.17 Å². The Morgan fingerprint density at radius 1 is 1.21 bits per heavy atom. The Kier molecular flexibility index (Phi) is 6.89. The highest BCUT2D eigenvalue weighted by atomic mass is 31.3. The van der Waals surface area contributed by atoms with Crippen LogP contribution >= 0.6 is 23.5 Å². The van der Waals surface area contributed by atoms with Crippen LogP contribution in [-0.4, -0.2) is 59.3 Å². The van der Waals surface area contributed by atoms with Gasteiger partial charge in [0, 0.05) is 6.20 Å². The van der Waals surface area contributed by atoms with E-state index in [9.17, 15) is 29.0 Å². The Balaban J connectivity index is 1.80. The molecule has 33 heavy (non-hydrogen) atoms. The molecule has 1 fully saturated rings. The molecule has 0 saturated carbocycles. The number of nitrogens with zero attached hydrogens (tertiary/aromatic N) is 3. The fourth-order valence-corrected chi connectivity index (χ4v) is 6.10. The zero-order valence-corrected chi connectivity index (χ0v) is 18.7. The summed E-state index contributed by atoms with van der Waals surface area (Å²) in [7, 11) is -16.9. The number of aliphatic hydroxyl groups excluding tert-OH is 1. The number of alkyl halides is 1. The van der Waals surface area contributed by atoms with Crippen LogP contribution in [-0.2, 0) is 37.2 Å². The molecule has 2 aromatic heterocycles. The number of hydrogen-bond acceptors (Lipinski definition) is 11. The lowest BCUT2D eigenvalue weighted by Crippen LogP contribution is -2.37. The summed E-state index contributed by atoms with van der Waals surface area (Å²) in [4.78, 5) is 35.7. The van der Waals surface area contributed by atoms with Crippen LogP contribution in [0, 0.1) is 11.3 Å². The lowest BCUT2D eigenvalue weighted by atomic mass is 9.94. The summed E-state index contributed by atoms with van der Waals surface area (Å²) in [6.45, 7) is -1.16. The highest BCUT2D eigenvalue weighted by Crippen LogP contribution is 2.66. The molecule has 7 N–H and O–H groups in total. The third-order valence-corrected chi connectivity index (χ3v) is 8.16. The number of aromatic nitrogens is 2. The number of phosphoric ester groups is 1. The van der Waals surface area contributed by atoms with E-state index in [2.05, 4.69) is 18.2 Å². The molecule has 20 heteroatoms. The zero-order chi connectivity index (χ0) is 24.8. The summed E-state index contributed by atoms with van der Waals surface area (Å²) in [6.07, 6.45) is -5.03. The molecule has 2 unspecified atom stereocenters. The maximum absolute atomic E-state index is 15.1. The van der Waals surface area contributed by atoms with E-state index in [1.54, 1.807) is 6.07 Å². The van der Waals surface area contributed by atoms with Crippen molar-refractivity contribution in [3.8, 4) is 6.07 Å². The van der Waals surface area contributed by atoms with Crippen molar-refractivity contribution in [2.24, 2.45) is 0 Å². The van der Waals surface area contributed by atoms with E-state index >= 15 is 4.39 Å². The number of rotatable bonds is 8. The average molecular weight is 532 g/mol. The molecular weight excluding hydrogens is 516 g/mol. The Morgan fingerprint density at radius 2 is 1.88 bits per heavy atom. The van der Waals surface area contributed by atoms with Gasteiger partial charge in [-0.05, 0) is 18.2 Å². The number of aliphatic hydroxyl groups is 1. The van der Waals surface area contributed by atoms with Gasteiger partial charge in [0.05, 0.1) is 23.5 Å². The molecule has 182 valence electrons. The van der Waals surface area contributed by atoms with Crippen molar-refractivity contribution in [3.05, 3.63) is 30.1 Å². The van der Waals surface area contributed by atoms with E-state index < -0.39 is 54.1 Å². The van der Waals surface area contributed by atoms with Crippen LogP contribution in [0.3, 0.4) is 0 Å². The van der Waals surface area contributed by atoms with Crippen molar-refractivity contribution in [2.45, 2.75) is 24.0 Å². The number of hydrogen-bond donors (Lipinski definition) is 6. The Hall–Kier alpha value is -1.76. The van der Waals surface area contributed by atoms with Crippen LogP contribution in [0.4, 0.5) is 10.1 Å². The monoisotopic (exact) mass is 532 g/mol. The minimum atomic E-state index is -5.78. The molecule has 1 saturated heterocycles. The Labute approximate surface area is 183 Å². The molecule has 1 aliphatic rings. The number of nitrogens with two attached hydrogens (primary N) is 1. The third kappa shape index (κ3) is 5.33. The maximum atomic E-state index is 15.1. The predicted molar refractivity (Wildman–Crippen MR) is 102 cm³/mol. The standard InChI is InChI=1S/C13H16FN4O12P3/c14-12-11(19)9(5-27-32(23,24)30-33(25,26)29-31(20,21)22)28-13(12,6-15)10-2-1-8-7(16)3-4-17-18(8)10/h1-4,9,11-12,19H,5,16H2,(H,23,24)(H,25,26)(H2,20,21,22)/t9-,11-,12-,13+/m1/s1. The molecular formula is C13H16FN4O12P3. The van der Waals surface area contributed by atoms with Crippen molar-refractivity contribution in [1.82, 2.24) is 9.61 Å². The average Bonchev–Trinajstić information content (AvgIpc) is 3.20. The second-order valence-electron chi connectivity index (χ2n) is 6.59. The van der Waals surface area contributed by atoms with Crippen molar-refractivity contribution < 1.29 is 60.6 Å². The normalized spacial score (nSPS) is 29.4. The van der Waals surface area contributed by atoms with Crippen molar-refractivity contribution in [3.63, 3.8) is 0 Å².